The lowest BCUT2D eigenvalue weighted by Gasteiger charge is -2.21. The Kier molecular flexibility index (Phi) is 4.71. The normalized spacial score (nSPS) is 18.9. The third kappa shape index (κ3) is 3.56. The van der Waals surface area contributed by atoms with Gasteiger partial charge in [0.15, 0.2) is 0 Å². The minimum Gasteiger partial charge on any atom is -0.763 e. The van der Waals surface area contributed by atoms with Gasteiger partial charge in [0.2, 0.25) is 0 Å². The van der Waals surface area contributed by atoms with Crippen molar-refractivity contribution in [2.24, 2.45) is 3.77 Å². The minimum absolute atomic E-state index is 0.379. The summed E-state index contributed by atoms with van der Waals surface area (Å²) in [6, 6.07) is 0. The maximum atomic E-state index is 12.1. The van der Waals surface area contributed by atoms with Crippen LogP contribution in [0, 0.1) is 0 Å². The number of hydrogen-bond donors (Lipinski definition) is 0. The summed E-state index contributed by atoms with van der Waals surface area (Å²) in [5, 5.41) is -1.88. The van der Waals surface area contributed by atoms with Crippen molar-refractivity contribution >= 4 is 20.0 Å². The highest BCUT2D eigenvalue weighted by Gasteiger charge is 2.46. The molecule has 0 aromatic carbocycles. The Hall–Kier alpha value is -0.420. The molecule has 0 aliphatic carbocycles. The summed E-state index contributed by atoms with van der Waals surface area (Å²) in [4.78, 5) is 0. The zero-order chi connectivity index (χ0) is 13.2. The van der Waals surface area contributed by atoms with Crippen LogP contribution in [-0.4, -0.2) is 34.6 Å². The summed E-state index contributed by atoms with van der Waals surface area (Å²) in [6.45, 7) is -0.326. The van der Waals surface area contributed by atoms with E-state index in [0.717, 1.165) is 0 Å². The lowest BCUT2D eigenvalue weighted by Crippen LogP contribution is -2.27. The molecule has 98 valence electrons. The van der Waals surface area contributed by atoms with Crippen molar-refractivity contribution in [1.82, 2.24) is 0 Å². The molecule has 2 atom stereocenters. The molecule has 11 heteroatoms. The van der Waals surface area contributed by atoms with E-state index in [1.165, 1.54) is 6.92 Å². The van der Waals surface area contributed by atoms with Crippen LogP contribution in [0.3, 0.4) is 0 Å². The van der Waals surface area contributed by atoms with Gasteiger partial charge in [-0.3, -0.25) is 4.21 Å². The Morgan fingerprint density at radius 3 is 2.00 bits per heavy atom. The highest BCUT2D eigenvalue weighted by molar-refractivity contribution is 8.01. The van der Waals surface area contributed by atoms with Gasteiger partial charge in [-0.2, -0.15) is 21.6 Å². The molecule has 0 amide bonds. The lowest BCUT2D eigenvalue weighted by atomic mass is 10.4. The Morgan fingerprint density at radius 1 is 1.31 bits per heavy atom. The fourth-order valence-electron chi connectivity index (χ4n) is 0.639. The Labute approximate surface area is 89.9 Å². The van der Waals surface area contributed by atoms with E-state index >= 15 is 0 Å². The van der Waals surface area contributed by atoms with Gasteiger partial charge in [0.25, 0.3) is 0 Å². The maximum Gasteiger partial charge on any atom is 0.519 e. The van der Waals surface area contributed by atoms with Crippen LogP contribution >= 0.6 is 0 Å². The topological polar surface area (TPSA) is 86.6 Å². The van der Waals surface area contributed by atoms with Crippen LogP contribution in [0.4, 0.5) is 17.6 Å². The van der Waals surface area contributed by atoms with Gasteiger partial charge in [-0.05, 0) is 6.42 Å². The van der Waals surface area contributed by atoms with Crippen LogP contribution in [0.5, 0.6) is 0 Å². The third-order valence-electron chi connectivity index (χ3n) is 1.54. The van der Waals surface area contributed by atoms with Crippen LogP contribution in [-0.2, 0) is 20.0 Å². The van der Waals surface area contributed by atoms with Crippen molar-refractivity contribution in [1.29, 1.82) is 0 Å². The number of sulfonamides is 1. The molecule has 5 nitrogen and oxygen atoms in total. The molecular formula is C5H8F4NO4S2-. The van der Waals surface area contributed by atoms with Gasteiger partial charge in [0, 0.05) is 10.0 Å². The quantitative estimate of drug-likeness (QED) is 0.726. The summed E-state index contributed by atoms with van der Waals surface area (Å²) < 4.78 is 92.0. The standard InChI is InChI=1S/C5H9F4NO4S2/c1-2-4(3-6)15(11,12)10-16(13,14)5(7,8)9/h4H,2-3H2,1H3,(H,10,11,12)/p-1. The highest BCUT2D eigenvalue weighted by Crippen LogP contribution is 2.26. The summed E-state index contributed by atoms with van der Waals surface area (Å²) in [5.74, 6) is 0. The second kappa shape index (κ2) is 4.84. The van der Waals surface area contributed by atoms with Crippen molar-refractivity contribution in [2.45, 2.75) is 24.1 Å². The maximum absolute atomic E-state index is 12.1. The molecule has 0 aliphatic rings. The van der Waals surface area contributed by atoms with Crippen LogP contribution < -0.4 is 0 Å². The third-order valence-corrected chi connectivity index (χ3v) is 5.05. The monoisotopic (exact) mass is 286 g/mol. The predicted octanol–water partition coefficient (Wildman–Crippen LogP) is 1.18. The molecule has 0 rings (SSSR count). The Bertz CT molecular complexity index is 444. The number of hydrogen-bond acceptors (Lipinski definition) is 4. The van der Waals surface area contributed by atoms with E-state index < -0.39 is 37.5 Å². The van der Waals surface area contributed by atoms with Gasteiger partial charge in [-0.1, -0.05) is 6.92 Å². The summed E-state index contributed by atoms with van der Waals surface area (Å²) in [7, 11) is -11.2. The zero-order valence-corrected chi connectivity index (χ0v) is 9.53. The van der Waals surface area contributed by atoms with Gasteiger partial charge < -0.3 is 4.55 Å². The van der Waals surface area contributed by atoms with Crippen LogP contribution in [0.1, 0.15) is 13.3 Å². The first kappa shape index (κ1) is 15.6. The minimum atomic E-state index is -6.15. The molecular weight excluding hydrogens is 278 g/mol. The molecule has 0 aliphatic heterocycles. The number of halogens is 4. The van der Waals surface area contributed by atoms with Gasteiger partial charge in [-0.15, -0.1) is 3.77 Å². The van der Waals surface area contributed by atoms with E-state index in [2.05, 4.69) is 0 Å². The van der Waals surface area contributed by atoms with E-state index in [1.54, 1.807) is 3.77 Å². The smallest absolute Gasteiger partial charge is 0.519 e. The molecule has 0 spiro atoms. The first-order valence-corrected chi connectivity index (χ1v) is 6.77. The van der Waals surface area contributed by atoms with Crippen molar-refractivity contribution < 1.29 is 34.7 Å². The largest absolute Gasteiger partial charge is 0.763 e. The van der Waals surface area contributed by atoms with Gasteiger partial charge in [0.05, 0.1) is 5.25 Å². The zero-order valence-electron chi connectivity index (χ0n) is 7.90. The second-order valence-electron chi connectivity index (χ2n) is 2.69. The van der Waals surface area contributed by atoms with E-state index in [0.29, 0.717) is 0 Å². The van der Waals surface area contributed by atoms with Gasteiger partial charge in [-0.25, -0.2) is 4.39 Å². The van der Waals surface area contributed by atoms with Gasteiger partial charge in [0.1, 0.15) is 6.67 Å². The molecule has 16 heavy (non-hydrogen) atoms. The highest BCUT2D eigenvalue weighted by atomic mass is 32.3. The number of alkyl halides is 4. The summed E-state index contributed by atoms with van der Waals surface area (Å²) in [5.41, 5.74) is -5.81. The summed E-state index contributed by atoms with van der Waals surface area (Å²) in [6.07, 6.45) is -0.379. The Morgan fingerprint density at radius 2 is 1.75 bits per heavy atom. The molecule has 0 aromatic heterocycles. The Balaban J connectivity index is 5.59. The molecule has 0 heterocycles. The van der Waals surface area contributed by atoms with Crippen molar-refractivity contribution in [2.75, 3.05) is 6.67 Å². The SMILES string of the molecule is CCC(CF)S(=O)([O-])=NS(=O)(=O)C(F)(F)F. The van der Waals surface area contributed by atoms with Crippen LogP contribution in [0.25, 0.3) is 0 Å². The van der Waals surface area contributed by atoms with Gasteiger partial charge >= 0.3 is 15.5 Å². The predicted molar refractivity (Wildman–Crippen MR) is 46.4 cm³/mol. The van der Waals surface area contributed by atoms with E-state index in [4.69, 9.17) is 0 Å². The summed E-state index contributed by atoms with van der Waals surface area (Å²) >= 11 is 0. The van der Waals surface area contributed by atoms with Crippen molar-refractivity contribution in [3.05, 3.63) is 0 Å². The number of nitrogens with zero attached hydrogens (tertiary/aromatic N) is 1. The second-order valence-corrected chi connectivity index (χ2v) is 6.40. The first-order valence-electron chi connectivity index (χ1n) is 3.83. The molecule has 0 aromatic rings. The molecule has 0 radical (unpaired) electrons. The first-order chi connectivity index (χ1) is 6.98. The van der Waals surface area contributed by atoms with Crippen molar-refractivity contribution in [3.8, 4) is 0 Å². The molecule has 0 bridgehead atoms. The van der Waals surface area contributed by atoms with Crippen molar-refractivity contribution in [3.63, 3.8) is 0 Å². The van der Waals surface area contributed by atoms with E-state index in [9.17, 15) is 34.7 Å². The van der Waals surface area contributed by atoms with E-state index in [1.807, 2.05) is 0 Å². The molecule has 0 saturated carbocycles. The molecule has 2 unspecified atom stereocenters. The van der Waals surface area contributed by atoms with Crippen LogP contribution in [0.15, 0.2) is 3.77 Å². The lowest BCUT2D eigenvalue weighted by molar-refractivity contribution is -0.0435. The average Bonchev–Trinajstić information content (AvgIpc) is 2.00. The van der Waals surface area contributed by atoms with Crippen LogP contribution in [0.2, 0.25) is 0 Å². The van der Waals surface area contributed by atoms with E-state index in [-0.39, 0.29) is 6.42 Å². The number of rotatable bonds is 4. The molecule has 0 fully saturated rings. The fraction of sp³-hybridized carbons (Fsp3) is 1.00. The molecule has 0 N–H and O–H groups in total. The average molecular weight is 286 g/mol. The molecule has 0 saturated heterocycles. The fourth-order valence-corrected chi connectivity index (χ4v) is 3.14.